The quantitative estimate of drug-likeness (QED) is 0.571. The van der Waals surface area contributed by atoms with Gasteiger partial charge in [0.25, 0.3) is 0 Å². The van der Waals surface area contributed by atoms with Gasteiger partial charge in [-0.2, -0.15) is 0 Å². The molecule has 0 saturated heterocycles. The third kappa shape index (κ3) is 5.43. The molecule has 0 aliphatic carbocycles. The van der Waals surface area contributed by atoms with Crippen molar-refractivity contribution in [2.75, 3.05) is 0 Å². The maximum Gasteiger partial charge on any atom is 0.305 e. The van der Waals surface area contributed by atoms with Crippen LogP contribution in [0.1, 0.15) is 20.3 Å². The summed E-state index contributed by atoms with van der Waals surface area (Å²) in [6.45, 7) is 3.14. The average molecular weight is 116 g/mol. The molecular weight excluding hydrogens is 106 g/mol. The van der Waals surface area contributed by atoms with Crippen molar-refractivity contribution in [2.24, 2.45) is 0 Å². The minimum Gasteiger partial charge on any atom is -0.481 e. The lowest BCUT2D eigenvalue weighted by molar-refractivity contribution is -0.138. The first-order valence-electron chi connectivity index (χ1n) is 2.38. The van der Waals surface area contributed by atoms with E-state index in [0.29, 0.717) is 0 Å². The Morgan fingerprint density at radius 3 is 2.12 bits per heavy atom. The van der Waals surface area contributed by atoms with Crippen LogP contribution in [0.4, 0.5) is 0 Å². The number of hydrogen-bond donors (Lipinski definition) is 1. The summed E-state index contributed by atoms with van der Waals surface area (Å²) in [4.78, 5) is 9.89. The van der Waals surface area contributed by atoms with Crippen LogP contribution in [0.25, 0.3) is 0 Å². The average Bonchev–Trinajstić information content (AvgIpc) is 1.21. The second-order valence-corrected chi connectivity index (χ2v) is 2.45. The Balaban J connectivity index is 3.55. The van der Waals surface area contributed by atoms with E-state index < -0.39 is 11.5 Å². The number of aliphatic carboxylic acids is 1. The molecule has 2 N–H and O–H groups in total. The van der Waals surface area contributed by atoms with Gasteiger partial charge in [-0.15, -0.1) is 0 Å². The van der Waals surface area contributed by atoms with Gasteiger partial charge in [0.2, 0.25) is 0 Å². The zero-order valence-electron chi connectivity index (χ0n) is 5.06. The molecule has 0 aromatic heterocycles. The van der Waals surface area contributed by atoms with Crippen LogP contribution in [-0.2, 0) is 4.79 Å². The van der Waals surface area contributed by atoms with E-state index in [1.165, 1.54) is 0 Å². The van der Waals surface area contributed by atoms with Crippen molar-refractivity contribution in [1.82, 2.24) is 5.73 Å². The Labute approximate surface area is 48.5 Å². The van der Waals surface area contributed by atoms with Crippen LogP contribution in [-0.4, -0.2) is 16.6 Å². The van der Waals surface area contributed by atoms with Crippen LogP contribution in [0.2, 0.25) is 0 Å². The van der Waals surface area contributed by atoms with Crippen molar-refractivity contribution in [3.63, 3.8) is 0 Å². The fourth-order valence-corrected chi connectivity index (χ4v) is 0.378. The third-order valence-electron chi connectivity index (χ3n) is 0.593. The van der Waals surface area contributed by atoms with Crippen molar-refractivity contribution in [3.8, 4) is 0 Å². The molecule has 0 saturated carbocycles. The molecule has 0 aliphatic rings. The Bertz CT molecular complexity index is 93.1. The van der Waals surface area contributed by atoms with E-state index in [-0.39, 0.29) is 6.42 Å². The van der Waals surface area contributed by atoms with E-state index in [0.717, 1.165) is 0 Å². The van der Waals surface area contributed by atoms with Gasteiger partial charge in [0.1, 0.15) is 0 Å². The fraction of sp³-hybridized carbons (Fsp3) is 0.800. The molecule has 0 atom stereocenters. The molecule has 0 fully saturated rings. The lowest BCUT2D eigenvalue weighted by Gasteiger charge is -2.12. The lowest BCUT2D eigenvalue weighted by atomic mass is 10.0. The molecule has 3 heteroatoms. The standard InChI is InChI=1S/C5H10NO2/c1-5(2,6)3-4(7)8/h6H,3H2,1-2H3,(H,7,8). The highest BCUT2D eigenvalue weighted by Crippen LogP contribution is 2.04. The van der Waals surface area contributed by atoms with Crippen LogP contribution in [0.5, 0.6) is 0 Å². The van der Waals surface area contributed by atoms with E-state index in [9.17, 15) is 4.79 Å². The summed E-state index contributed by atoms with van der Waals surface area (Å²) in [5, 5.41) is 8.13. The topological polar surface area (TPSA) is 61.1 Å². The van der Waals surface area contributed by atoms with E-state index in [4.69, 9.17) is 10.8 Å². The predicted octanol–water partition coefficient (Wildman–Crippen LogP) is 0.523. The lowest BCUT2D eigenvalue weighted by Crippen LogP contribution is -2.24. The van der Waals surface area contributed by atoms with Crippen LogP contribution < -0.4 is 5.73 Å². The number of nitrogens with one attached hydrogen (secondary N) is 1. The SMILES string of the molecule is CC(C)([NH])CC(=O)O. The van der Waals surface area contributed by atoms with Gasteiger partial charge in [-0.05, 0) is 13.8 Å². The molecule has 0 unspecified atom stereocenters. The van der Waals surface area contributed by atoms with E-state index in [1.54, 1.807) is 13.8 Å². The minimum absolute atomic E-state index is 0.0903. The largest absolute Gasteiger partial charge is 0.481 e. The third-order valence-corrected chi connectivity index (χ3v) is 0.593. The first-order valence-corrected chi connectivity index (χ1v) is 2.38. The molecule has 1 radical (unpaired) electrons. The summed E-state index contributed by atoms with van der Waals surface area (Å²) < 4.78 is 0. The number of rotatable bonds is 2. The molecule has 0 amide bonds. The molecule has 0 aliphatic heterocycles. The first kappa shape index (κ1) is 7.43. The Hall–Kier alpha value is -0.570. The molecule has 0 bridgehead atoms. The molecular formula is C5H10NO2. The monoisotopic (exact) mass is 116 g/mol. The van der Waals surface area contributed by atoms with Gasteiger partial charge < -0.3 is 5.11 Å². The Kier molecular flexibility index (Phi) is 1.98. The highest BCUT2D eigenvalue weighted by molar-refractivity contribution is 5.68. The number of hydrogen-bond acceptors (Lipinski definition) is 1. The normalized spacial score (nSPS) is 11.4. The smallest absolute Gasteiger partial charge is 0.305 e. The van der Waals surface area contributed by atoms with Gasteiger partial charge in [0, 0.05) is 5.54 Å². The zero-order chi connectivity index (χ0) is 6.78. The van der Waals surface area contributed by atoms with Crippen molar-refractivity contribution in [2.45, 2.75) is 25.8 Å². The molecule has 0 spiro atoms. The predicted molar refractivity (Wildman–Crippen MR) is 29.4 cm³/mol. The van der Waals surface area contributed by atoms with E-state index in [1.807, 2.05) is 0 Å². The number of carbonyl (C=O) groups is 1. The molecule has 0 aromatic carbocycles. The Morgan fingerprint density at radius 2 is 2.12 bits per heavy atom. The molecule has 47 valence electrons. The van der Waals surface area contributed by atoms with Crippen LogP contribution in [0.3, 0.4) is 0 Å². The maximum absolute atomic E-state index is 9.89. The van der Waals surface area contributed by atoms with Crippen molar-refractivity contribution >= 4 is 5.97 Å². The molecule has 8 heavy (non-hydrogen) atoms. The highest BCUT2D eigenvalue weighted by Gasteiger charge is 2.15. The summed E-state index contributed by atoms with van der Waals surface area (Å²) in [7, 11) is 0. The van der Waals surface area contributed by atoms with Gasteiger partial charge in [-0.25, -0.2) is 0 Å². The zero-order valence-corrected chi connectivity index (χ0v) is 5.06. The second-order valence-electron chi connectivity index (χ2n) is 2.45. The van der Waals surface area contributed by atoms with Crippen LogP contribution in [0, 0.1) is 0 Å². The minimum atomic E-state index is -0.912. The summed E-state index contributed by atoms with van der Waals surface area (Å²) in [5.41, 5.74) is 6.25. The van der Waals surface area contributed by atoms with E-state index in [2.05, 4.69) is 0 Å². The molecule has 0 aromatic rings. The molecule has 0 rings (SSSR count). The summed E-state index contributed by atoms with van der Waals surface area (Å²) in [6, 6.07) is 0. The van der Waals surface area contributed by atoms with E-state index >= 15 is 0 Å². The van der Waals surface area contributed by atoms with Crippen molar-refractivity contribution in [1.29, 1.82) is 0 Å². The highest BCUT2D eigenvalue weighted by atomic mass is 16.4. The Morgan fingerprint density at radius 1 is 1.75 bits per heavy atom. The maximum atomic E-state index is 9.89. The second kappa shape index (κ2) is 2.13. The number of carboxylic acids is 1. The fourth-order valence-electron chi connectivity index (χ4n) is 0.378. The molecule has 0 heterocycles. The van der Waals surface area contributed by atoms with Gasteiger partial charge in [-0.1, -0.05) is 0 Å². The summed E-state index contributed by atoms with van der Waals surface area (Å²) >= 11 is 0. The van der Waals surface area contributed by atoms with Gasteiger partial charge in [0.05, 0.1) is 6.42 Å². The van der Waals surface area contributed by atoms with Crippen molar-refractivity contribution < 1.29 is 9.90 Å². The first-order chi connectivity index (χ1) is 3.42. The van der Waals surface area contributed by atoms with Gasteiger partial charge in [0.15, 0.2) is 0 Å². The summed E-state index contributed by atoms with van der Waals surface area (Å²) in [5.74, 6) is -0.912. The van der Waals surface area contributed by atoms with Crippen LogP contribution >= 0.6 is 0 Å². The molecule has 3 nitrogen and oxygen atoms in total. The van der Waals surface area contributed by atoms with Gasteiger partial charge in [-0.3, -0.25) is 10.5 Å². The van der Waals surface area contributed by atoms with Crippen molar-refractivity contribution in [3.05, 3.63) is 0 Å². The van der Waals surface area contributed by atoms with Gasteiger partial charge >= 0.3 is 5.97 Å². The van der Waals surface area contributed by atoms with Crippen LogP contribution in [0.15, 0.2) is 0 Å². The number of carboxylic acid groups (broad SMARTS) is 1. The summed E-state index contributed by atoms with van der Waals surface area (Å²) in [6.07, 6.45) is -0.0903.